The lowest BCUT2D eigenvalue weighted by Gasteiger charge is -2.17. The minimum absolute atomic E-state index is 0.457. The molecule has 2 nitrogen and oxygen atoms in total. The zero-order chi connectivity index (χ0) is 8.65. The average molecular weight is 169 g/mol. The Bertz CT molecular complexity index is 134. The van der Waals surface area contributed by atoms with Gasteiger partial charge in [-0.05, 0) is 32.1 Å². The Kier molecular flexibility index (Phi) is 5.04. The van der Waals surface area contributed by atoms with Crippen LogP contribution in [0.2, 0.25) is 0 Å². The fourth-order valence-electron chi connectivity index (χ4n) is 1.53. The smallest absolute Gasteiger partial charge is 0.0592 e. The monoisotopic (exact) mass is 169 g/mol. The summed E-state index contributed by atoms with van der Waals surface area (Å²) in [5, 5.41) is 0. The summed E-state index contributed by atoms with van der Waals surface area (Å²) in [4.78, 5) is 0. The topological polar surface area (TPSA) is 35.2 Å². The Morgan fingerprint density at radius 3 is 2.92 bits per heavy atom. The van der Waals surface area contributed by atoms with Gasteiger partial charge >= 0.3 is 0 Å². The molecule has 0 aromatic rings. The van der Waals surface area contributed by atoms with Crippen LogP contribution in [0.25, 0.3) is 0 Å². The minimum Gasteiger partial charge on any atom is -0.377 e. The van der Waals surface area contributed by atoms with Crippen molar-refractivity contribution in [3.8, 4) is 0 Å². The third-order valence-electron chi connectivity index (χ3n) is 2.19. The molecule has 0 bridgehead atoms. The number of rotatable bonds is 3. The molecule has 0 amide bonds. The van der Waals surface area contributed by atoms with Gasteiger partial charge < -0.3 is 10.5 Å². The Hall–Kier alpha value is -0.340. The molecule has 2 heteroatoms. The van der Waals surface area contributed by atoms with Gasteiger partial charge in [0.25, 0.3) is 0 Å². The molecule has 0 heterocycles. The summed E-state index contributed by atoms with van der Waals surface area (Å²) < 4.78 is 5.61. The highest BCUT2D eigenvalue weighted by molar-refractivity contribution is 4.85. The number of allylic oxidation sites excluding steroid dienone is 2. The van der Waals surface area contributed by atoms with Crippen LogP contribution in [0.1, 0.15) is 32.1 Å². The first kappa shape index (κ1) is 9.75. The van der Waals surface area contributed by atoms with E-state index in [-0.39, 0.29) is 0 Å². The molecule has 0 saturated carbocycles. The van der Waals surface area contributed by atoms with Crippen molar-refractivity contribution in [1.82, 2.24) is 0 Å². The first-order chi connectivity index (χ1) is 5.93. The van der Waals surface area contributed by atoms with Crippen LogP contribution in [0, 0.1) is 0 Å². The van der Waals surface area contributed by atoms with E-state index in [2.05, 4.69) is 12.2 Å². The zero-order valence-corrected chi connectivity index (χ0v) is 7.67. The SMILES string of the molecule is NCCOC1CC/C=C/CCC1. The largest absolute Gasteiger partial charge is 0.377 e. The summed E-state index contributed by atoms with van der Waals surface area (Å²) in [5.41, 5.74) is 5.38. The fourth-order valence-corrected chi connectivity index (χ4v) is 1.53. The van der Waals surface area contributed by atoms with E-state index in [9.17, 15) is 0 Å². The van der Waals surface area contributed by atoms with Crippen LogP contribution in [-0.2, 0) is 4.74 Å². The molecule has 1 aliphatic carbocycles. The molecule has 2 N–H and O–H groups in total. The molecule has 1 atom stereocenters. The Labute approximate surface area is 74.8 Å². The highest BCUT2D eigenvalue weighted by Gasteiger charge is 2.08. The molecule has 0 fully saturated rings. The van der Waals surface area contributed by atoms with E-state index in [4.69, 9.17) is 10.5 Å². The van der Waals surface area contributed by atoms with Crippen LogP contribution in [0.3, 0.4) is 0 Å². The molecule has 0 saturated heterocycles. The van der Waals surface area contributed by atoms with Crippen LogP contribution in [0.4, 0.5) is 0 Å². The zero-order valence-electron chi connectivity index (χ0n) is 7.67. The van der Waals surface area contributed by atoms with E-state index in [1.54, 1.807) is 0 Å². The highest BCUT2D eigenvalue weighted by Crippen LogP contribution is 2.14. The van der Waals surface area contributed by atoms with Gasteiger partial charge in [-0.1, -0.05) is 12.2 Å². The summed E-state index contributed by atoms with van der Waals surface area (Å²) in [7, 11) is 0. The molecule has 0 radical (unpaired) electrons. The van der Waals surface area contributed by atoms with E-state index in [0.29, 0.717) is 19.3 Å². The van der Waals surface area contributed by atoms with Crippen LogP contribution < -0.4 is 5.73 Å². The Balaban J connectivity index is 2.18. The molecule has 12 heavy (non-hydrogen) atoms. The standard InChI is InChI=1S/C10H19NO/c11-8-9-12-10-6-4-2-1-3-5-7-10/h1-2,10H,3-9,11H2/b2-1+. The molecule has 0 spiro atoms. The van der Waals surface area contributed by atoms with Crippen molar-refractivity contribution < 1.29 is 4.74 Å². The second kappa shape index (κ2) is 6.21. The van der Waals surface area contributed by atoms with Gasteiger partial charge in [0.15, 0.2) is 0 Å². The van der Waals surface area contributed by atoms with E-state index < -0.39 is 0 Å². The molecule has 70 valence electrons. The number of hydrogen-bond donors (Lipinski definition) is 1. The quantitative estimate of drug-likeness (QED) is 0.654. The van der Waals surface area contributed by atoms with Gasteiger partial charge in [0, 0.05) is 6.54 Å². The van der Waals surface area contributed by atoms with Crippen molar-refractivity contribution in [2.75, 3.05) is 13.2 Å². The average Bonchev–Trinajstić information content (AvgIpc) is 2.02. The van der Waals surface area contributed by atoms with E-state index in [1.807, 2.05) is 0 Å². The van der Waals surface area contributed by atoms with Crippen LogP contribution in [0.15, 0.2) is 12.2 Å². The predicted molar refractivity (Wildman–Crippen MR) is 51.0 cm³/mol. The summed E-state index contributed by atoms with van der Waals surface area (Å²) in [6.45, 7) is 1.36. The Morgan fingerprint density at radius 2 is 2.08 bits per heavy atom. The van der Waals surface area contributed by atoms with Gasteiger partial charge in [-0.3, -0.25) is 0 Å². The first-order valence-electron chi connectivity index (χ1n) is 4.90. The molecular weight excluding hydrogens is 150 g/mol. The fraction of sp³-hybridized carbons (Fsp3) is 0.800. The van der Waals surface area contributed by atoms with Gasteiger partial charge in [-0.2, -0.15) is 0 Å². The van der Waals surface area contributed by atoms with E-state index >= 15 is 0 Å². The second-order valence-corrected chi connectivity index (χ2v) is 3.26. The van der Waals surface area contributed by atoms with Crippen molar-refractivity contribution in [2.45, 2.75) is 38.2 Å². The van der Waals surface area contributed by atoms with Gasteiger partial charge in [0.05, 0.1) is 12.7 Å². The summed E-state index contributed by atoms with van der Waals surface area (Å²) in [5.74, 6) is 0. The lowest BCUT2D eigenvalue weighted by Crippen LogP contribution is -2.18. The number of ether oxygens (including phenoxy) is 1. The molecule has 1 rings (SSSR count). The van der Waals surface area contributed by atoms with Crippen LogP contribution >= 0.6 is 0 Å². The van der Waals surface area contributed by atoms with Crippen LogP contribution in [0.5, 0.6) is 0 Å². The third kappa shape index (κ3) is 3.88. The summed E-state index contributed by atoms with van der Waals surface area (Å²) >= 11 is 0. The van der Waals surface area contributed by atoms with Gasteiger partial charge in [0.2, 0.25) is 0 Å². The number of hydrogen-bond acceptors (Lipinski definition) is 2. The molecule has 1 aliphatic rings. The molecule has 0 aliphatic heterocycles. The molecule has 0 aromatic heterocycles. The predicted octanol–water partition coefficient (Wildman–Crippen LogP) is 1.85. The van der Waals surface area contributed by atoms with Crippen molar-refractivity contribution >= 4 is 0 Å². The van der Waals surface area contributed by atoms with Crippen LogP contribution in [-0.4, -0.2) is 19.3 Å². The van der Waals surface area contributed by atoms with Gasteiger partial charge in [-0.25, -0.2) is 0 Å². The van der Waals surface area contributed by atoms with E-state index in [0.717, 1.165) is 12.8 Å². The van der Waals surface area contributed by atoms with Gasteiger partial charge in [-0.15, -0.1) is 0 Å². The maximum atomic E-state index is 5.61. The summed E-state index contributed by atoms with van der Waals surface area (Å²) in [6.07, 6.45) is 11.0. The van der Waals surface area contributed by atoms with E-state index in [1.165, 1.54) is 19.3 Å². The maximum absolute atomic E-state index is 5.61. The highest BCUT2D eigenvalue weighted by atomic mass is 16.5. The molecule has 1 unspecified atom stereocenters. The van der Waals surface area contributed by atoms with Gasteiger partial charge in [0.1, 0.15) is 0 Å². The molecule has 0 aromatic carbocycles. The Morgan fingerprint density at radius 1 is 1.25 bits per heavy atom. The van der Waals surface area contributed by atoms with Crippen molar-refractivity contribution in [3.05, 3.63) is 12.2 Å². The lowest BCUT2D eigenvalue weighted by molar-refractivity contribution is 0.0457. The minimum atomic E-state index is 0.457. The third-order valence-corrected chi connectivity index (χ3v) is 2.19. The first-order valence-corrected chi connectivity index (χ1v) is 4.90. The molecular formula is C10H19NO. The number of nitrogens with two attached hydrogens (primary N) is 1. The lowest BCUT2D eigenvalue weighted by atomic mass is 10.0. The second-order valence-electron chi connectivity index (χ2n) is 3.26. The van der Waals surface area contributed by atoms with Crippen molar-refractivity contribution in [2.24, 2.45) is 5.73 Å². The van der Waals surface area contributed by atoms with Crippen molar-refractivity contribution in [1.29, 1.82) is 0 Å². The van der Waals surface area contributed by atoms with Crippen molar-refractivity contribution in [3.63, 3.8) is 0 Å². The normalized spacial score (nSPS) is 27.6. The summed E-state index contributed by atoms with van der Waals surface area (Å²) in [6, 6.07) is 0. The maximum Gasteiger partial charge on any atom is 0.0592 e.